The molecule has 0 aromatic carbocycles. The summed E-state index contributed by atoms with van der Waals surface area (Å²) in [5.74, 6) is -3.30. The van der Waals surface area contributed by atoms with Gasteiger partial charge in [0.2, 0.25) is 0 Å². The van der Waals surface area contributed by atoms with Gasteiger partial charge in [0.1, 0.15) is 11.6 Å². The summed E-state index contributed by atoms with van der Waals surface area (Å²) in [6.07, 6.45) is -1.10. The Morgan fingerprint density at radius 2 is 1.48 bits per heavy atom. The van der Waals surface area contributed by atoms with Crippen molar-refractivity contribution in [3.8, 4) is 0 Å². The van der Waals surface area contributed by atoms with Crippen LogP contribution in [0, 0.1) is 11.3 Å². The van der Waals surface area contributed by atoms with E-state index in [2.05, 4.69) is 5.32 Å². The van der Waals surface area contributed by atoms with Crippen LogP contribution in [-0.4, -0.2) is 39.9 Å². The maximum Gasteiger partial charge on any atom is 0.408 e. The van der Waals surface area contributed by atoms with E-state index < -0.39 is 41.0 Å². The van der Waals surface area contributed by atoms with Crippen LogP contribution in [0.3, 0.4) is 0 Å². The highest BCUT2D eigenvalue weighted by Gasteiger charge is 2.36. The number of carbonyl (C=O) groups is 3. The topological polar surface area (TPSA) is 113 Å². The van der Waals surface area contributed by atoms with Crippen molar-refractivity contribution in [2.24, 2.45) is 11.3 Å². The Morgan fingerprint density at radius 1 is 1.00 bits per heavy atom. The van der Waals surface area contributed by atoms with E-state index in [1.165, 1.54) is 0 Å². The monoisotopic (exact) mass is 303 g/mol. The van der Waals surface area contributed by atoms with Crippen LogP contribution in [0.1, 0.15) is 48.0 Å². The van der Waals surface area contributed by atoms with Crippen LogP contribution >= 0.6 is 0 Å². The molecule has 0 saturated carbocycles. The molecule has 0 radical (unpaired) electrons. The van der Waals surface area contributed by atoms with Crippen molar-refractivity contribution < 1.29 is 29.3 Å². The van der Waals surface area contributed by atoms with Crippen LogP contribution in [0.2, 0.25) is 0 Å². The van der Waals surface area contributed by atoms with Crippen LogP contribution in [0.5, 0.6) is 0 Å². The number of carboxylic acid groups (broad SMARTS) is 2. The first-order valence-electron chi connectivity index (χ1n) is 6.69. The number of hydrogen-bond donors (Lipinski definition) is 3. The first-order chi connectivity index (χ1) is 9.24. The van der Waals surface area contributed by atoms with E-state index in [-0.39, 0.29) is 6.42 Å². The molecule has 0 aromatic rings. The minimum absolute atomic E-state index is 0.215. The second-order valence-electron chi connectivity index (χ2n) is 7.03. The van der Waals surface area contributed by atoms with Gasteiger partial charge in [-0.25, -0.2) is 9.59 Å². The Hall–Kier alpha value is -1.79. The fraction of sp³-hybridized carbons (Fsp3) is 0.786. The van der Waals surface area contributed by atoms with Gasteiger partial charge in [-0.05, 0) is 32.6 Å². The lowest BCUT2D eigenvalue weighted by molar-refractivity contribution is -0.147. The average Bonchev–Trinajstić information content (AvgIpc) is 2.18. The highest BCUT2D eigenvalue weighted by molar-refractivity contribution is 5.81. The van der Waals surface area contributed by atoms with Crippen LogP contribution in [0.25, 0.3) is 0 Å². The predicted octanol–water partition coefficient (Wildman–Crippen LogP) is 2.10. The third kappa shape index (κ3) is 7.53. The van der Waals surface area contributed by atoms with E-state index in [0.29, 0.717) is 0 Å². The van der Waals surface area contributed by atoms with Crippen molar-refractivity contribution in [1.82, 2.24) is 5.32 Å². The van der Waals surface area contributed by atoms with Gasteiger partial charge in [0.25, 0.3) is 0 Å². The third-order valence-electron chi connectivity index (χ3n) is 2.80. The van der Waals surface area contributed by atoms with E-state index in [1.54, 1.807) is 41.5 Å². The van der Waals surface area contributed by atoms with E-state index in [4.69, 9.17) is 9.84 Å². The Morgan fingerprint density at radius 3 is 1.76 bits per heavy atom. The number of carboxylic acids is 2. The molecule has 3 N–H and O–H groups in total. The van der Waals surface area contributed by atoms with Gasteiger partial charge >= 0.3 is 18.0 Å². The van der Waals surface area contributed by atoms with Crippen molar-refractivity contribution in [2.75, 3.05) is 0 Å². The lowest BCUT2D eigenvalue weighted by Gasteiger charge is -2.29. The SMILES string of the molecule is CC(C)(C)OC(=O)N[C@@H](CC(C(=O)O)C(C)(C)C)C(=O)O. The maximum atomic E-state index is 11.6. The molecule has 7 nitrogen and oxygen atoms in total. The lowest BCUT2D eigenvalue weighted by Crippen LogP contribution is -2.46. The third-order valence-corrected chi connectivity index (χ3v) is 2.80. The molecular formula is C14H25NO6. The molecule has 0 heterocycles. The second kappa shape index (κ2) is 6.78. The van der Waals surface area contributed by atoms with Gasteiger partial charge in [0.15, 0.2) is 0 Å². The molecule has 0 saturated heterocycles. The van der Waals surface area contributed by atoms with Crippen molar-refractivity contribution in [3.05, 3.63) is 0 Å². The molecule has 0 spiro atoms. The molecule has 122 valence electrons. The number of alkyl carbamates (subject to hydrolysis) is 1. The summed E-state index contributed by atoms with van der Waals surface area (Å²) in [6.45, 7) is 10.1. The minimum atomic E-state index is -1.32. The van der Waals surface area contributed by atoms with Crippen LogP contribution < -0.4 is 5.32 Å². The summed E-state index contributed by atoms with van der Waals surface area (Å²) in [7, 11) is 0. The zero-order chi connectivity index (χ0) is 17.0. The van der Waals surface area contributed by atoms with Crippen molar-refractivity contribution >= 4 is 18.0 Å². The van der Waals surface area contributed by atoms with Crippen LogP contribution in [0.4, 0.5) is 4.79 Å². The normalized spacial score (nSPS) is 15.0. The van der Waals surface area contributed by atoms with Crippen molar-refractivity contribution in [1.29, 1.82) is 0 Å². The van der Waals surface area contributed by atoms with Gasteiger partial charge in [0, 0.05) is 0 Å². The molecule has 7 heteroatoms. The highest BCUT2D eigenvalue weighted by Crippen LogP contribution is 2.30. The van der Waals surface area contributed by atoms with Crippen molar-refractivity contribution in [2.45, 2.75) is 59.6 Å². The molecule has 2 atom stereocenters. The number of aliphatic carboxylic acids is 2. The van der Waals surface area contributed by atoms with E-state index in [0.717, 1.165) is 0 Å². The second-order valence-corrected chi connectivity index (χ2v) is 7.03. The van der Waals surface area contributed by atoms with Gasteiger partial charge in [-0.15, -0.1) is 0 Å². The number of nitrogens with one attached hydrogen (secondary N) is 1. The molecule has 0 bridgehead atoms. The number of hydrogen-bond acceptors (Lipinski definition) is 4. The maximum absolute atomic E-state index is 11.6. The molecular weight excluding hydrogens is 278 g/mol. The smallest absolute Gasteiger partial charge is 0.408 e. The van der Waals surface area contributed by atoms with Gasteiger partial charge in [-0.1, -0.05) is 20.8 Å². The first kappa shape index (κ1) is 19.2. The fourth-order valence-corrected chi connectivity index (χ4v) is 1.73. The molecule has 21 heavy (non-hydrogen) atoms. The Bertz CT molecular complexity index is 405. The molecule has 0 fully saturated rings. The summed E-state index contributed by atoms with van der Waals surface area (Å²) in [5, 5.41) is 20.6. The summed E-state index contributed by atoms with van der Waals surface area (Å²) in [5.41, 5.74) is -1.39. The molecule has 1 amide bonds. The van der Waals surface area contributed by atoms with Gasteiger partial charge in [-0.3, -0.25) is 4.79 Å². The van der Waals surface area contributed by atoms with E-state index in [1.807, 2.05) is 0 Å². The summed E-state index contributed by atoms with van der Waals surface area (Å²) in [6, 6.07) is -1.32. The first-order valence-corrected chi connectivity index (χ1v) is 6.69. The van der Waals surface area contributed by atoms with E-state index in [9.17, 15) is 19.5 Å². The molecule has 0 rings (SSSR count). The fourth-order valence-electron chi connectivity index (χ4n) is 1.73. The van der Waals surface area contributed by atoms with Crippen LogP contribution in [0.15, 0.2) is 0 Å². The summed E-state index contributed by atoms with van der Waals surface area (Å²) >= 11 is 0. The largest absolute Gasteiger partial charge is 0.481 e. The highest BCUT2D eigenvalue weighted by atomic mass is 16.6. The molecule has 0 aliphatic heterocycles. The van der Waals surface area contributed by atoms with E-state index >= 15 is 0 Å². The van der Waals surface area contributed by atoms with Crippen LogP contribution in [-0.2, 0) is 14.3 Å². The van der Waals surface area contributed by atoms with Crippen molar-refractivity contribution in [3.63, 3.8) is 0 Å². The van der Waals surface area contributed by atoms with Gasteiger partial charge in [0.05, 0.1) is 5.92 Å². The number of amides is 1. The van der Waals surface area contributed by atoms with Gasteiger partial charge in [-0.2, -0.15) is 0 Å². The predicted molar refractivity (Wildman–Crippen MR) is 76.0 cm³/mol. The summed E-state index contributed by atoms with van der Waals surface area (Å²) < 4.78 is 4.99. The summed E-state index contributed by atoms with van der Waals surface area (Å²) in [4.78, 5) is 34.1. The Labute approximate surface area is 124 Å². The zero-order valence-corrected chi connectivity index (χ0v) is 13.4. The molecule has 0 aliphatic rings. The molecule has 0 aromatic heterocycles. The Kier molecular flexibility index (Phi) is 6.20. The molecule has 0 aliphatic carbocycles. The lowest BCUT2D eigenvalue weighted by atomic mass is 9.77. The quantitative estimate of drug-likeness (QED) is 0.717. The molecule has 1 unspecified atom stereocenters. The Balaban J connectivity index is 4.96. The number of rotatable bonds is 5. The number of ether oxygens (including phenoxy) is 1. The van der Waals surface area contributed by atoms with Gasteiger partial charge < -0.3 is 20.3 Å². The average molecular weight is 303 g/mol. The zero-order valence-electron chi connectivity index (χ0n) is 13.4. The standard InChI is InChI=1S/C14H25NO6/c1-13(2,3)8(10(16)17)7-9(11(18)19)15-12(20)21-14(4,5)6/h8-9H,7H2,1-6H3,(H,15,20)(H,16,17)(H,18,19)/t8?,9-/m0/s1. The number of carbonyl (C=O) groups excluding carboxylic acids is 1. The minimum Gasteiger partial charge on any atom is -0.481 e.